The number of hydrogen-bond donors (Lipinski definition) is 2. The Kier molecular flexibility index (Phi) is 5.84. The van der Waals surface area contributed by atoms with E-state index in [1.165, 1.54) is 12.1 Å². The summed E-state index contributed by atoms with van der Waals surface area (Å²) in [4.78, 5) is 17.1. The molecule has 1 aromatic heterocycles. The molecule has 0 saturated carbocycles. The molecule has 150 valence electrons. The van der Waals surface area contributed by atoms with Gasteiger partial charge in [-0.05, 0) is 18.6 Å². The van der Waals surface area contributed by atoms with Crippen LogP contribution in [0.3, 0.4) is 0 Å². The standard InChI is InChI=1S/C19H26N6O3/c1-3-4-5-9-24-18(20)17-15(22-19(24)21)8-10-23(17)12-13-11-14(25(26)27)6-7-16(13)28-2/h6-8,10-11,18H,3-5,9,12,20H2,1-2H3,(H2,21,22). The van der Waals surface area contributed by atoms with Crippen LogP contribution in [0.2, 0.25) is 0 Å². The van der Waals surface area contributed by atoms with Crippen LogP contribution in [0.25, 0.3) is 0 Å². The SMILES string of the molecule is CCCCCN1C(N)=Nc2ccn(Cc3cc([N+](=O)[O-])ccc3OC)c2C1N. The van der Waals surface area contributed by atoms with Crippen molar-refractivity contribution in [3.05, 3.63) is 51.8 Å². The number of non-ortho nitro benzene ring substituents is 1. The zero-order valence-corrected chi connectivity index (χ0v) is 16.2. The maximum absolute atomic E-state index is 11.1. The van der Waals surface area contributed by atoms with Crippen LogP contribution in [0.15, 0.2) is 35.5 Å². The number of nitro benzene ring substituents is 1. The second kappa shape index (κ2) is 8.30. The number of guanidine groups is 1. The lowest BCUT2D eigenvalue weighted by molar-refractivity contribution is -0.384. The summed E-state index contributed by atoms with van der Waals surface area (Å²) in [6.45, 7) is 3.25. The molecule has 0 saturated heterocycles. The summed E-state index contributed by atoms with van der Waals surface area (Å²) >= 11 is 0. The van der Waals surface area contributed by atoms with Crippen molar-refractivity contribution in [2.24, 2.45) is 16.5 Å². The first-order valence-electron chi connectivity index (χ1n) is 9.33. The van der Waals surface area contributed by atoms with E-state index in [0.717, 1.165) is 37.2 Å². The number of hydrogen-bond acceptors (Lipinski definition) is 7. The minimum Gasteiger partial charge on any atom is -0.496 e. The molecule has 28 heavy (non-hydrogen) atoms. The molecule has 0 fully saturated rings. The fourth-order valence-corrected chi connectivity index (χ4v) is 3.48. The van der Waals surface area contributed by atoms with Gasteiger partial charge in [-0.15, -0.1) is 0 Å². The van der Waals surface area contributed by atoms with Crippen molar-refractivity contribution < 1.29 is 9.66 Å². The van der Waals surface area contributed by atoms with Gasteiger partial charge in [-0.1, -0.05) is 19.8 Å². The average molecular weight is 386 g/mol. The Hall–Kier alpha value is -3.07. The molecule has 9 heteroatoms. The van der Waals surface area contributed by atoms with Gasteiger partial charge in [-0.2, -0.15) is 0 Å². The third-order valence-corrected chi connectivity index (χ3v) is 4.95. The normalized spacial score (nSPS) is 15.9. The van der Waals surface area contributed by atoms with Gasteiger partial charge in [0.1, 0.15) is 11.9 Å². The van der Waals surface area contributed by atoms with E-state index in [1.807, 2.05) is 21.7 Å². The van der Waals surface area contributed by atoms with E-state index in [4.69, 9.17) is 16.2 Å². The van der Waals surface area contributed by atoms with E-state index in [9.17, 15) is 10.1 Å². The van der Waals surface area contributed by atoms with Crippen molar-refractivity contribution in [1.82, 2.24) is 9.47 Å². The van der Waals surface area contributed by atoms with Gasteiger partial charge in [0, 0.05) is 30.4 Å². The van der Waals surface area contributed by atoms with E-state index in [-0.39, 0.29) is 5.69 Å². The molecule has 0 radical (unpaired) electrons. The number of nitrogens with two attached hydrogens (primary N) is 2. The minimum atomic E-state index is -0.427. The zero-order valence-electron chi connectivity index (χ0n) is 16.2. The van der Waals surface area contributed by atoms with E-state index in [1.54, 1.807) is 13.2 Å². The van der Waals surface area contributed by atoms with E-state index >= 15 is 0 Å². The number of fused-ring (bicyclic) bond motifs is 1. The number of nitrogens with zero attached hydrogens (tertiary/aromatic N) is 4. The van der Waals surface area contributed by atoms with Crippen molar-refractivity contribution >= 4 is 17.3 Å². The highest BCUT2D eigenvalue weighted by atomic mass is 16.6. The highest BCUT2D eigenvalue weighted by molar-refractivity contribution is 5.84. The molecule has 0 spiro atoms. The zero-order chi connectivity index (χ0) is 20.3. The largest absolute Gasteiger partial charge is 0.496 e. The molecule has 4 N–H and O–H groups in total. The first kappa shape index (κ1) is 19.7. The first-order valence-corrected chi connectivity index (χ1v) is 9.33. The Morgan fingerprint density at radius 3 is 2.79 bits per heavy atom. The molecular weight excluding hydrogens is 360 g/mol. The monoisotopic (exact) mass is 386 g/mol. The molecule has 0 amide bonds. The van der Waals surface area contributed by atoms with Crippen LogP contribution in [-0.4, -0.2) is 34.0 Å². The highest BCUT2D eigenvalue weighted by Gasteiger charge is 2.29. The van der Waals surface area contributed by atoms with Gasteiger partial charge in [0.05, 0.1) is 30.0 Å². The predicted octanol–water partition coefficient (Wildman–Crippen LogP) is 2.86. The summed E-state index contributed by atoms with van der Waals surface area (Å²) in [7, 11) is 1.54. The molecule has 1 unspecified atom stereocenters. The number of aliphatic imine (C=N–C) groups is 1. The van der Waals surface area contributed by atoms with E-state index < -0.39 is 11.1 Å². The van der Waals surface area contributed by atoms with Crippen molar-refractivity contribution in [2.75, 3.05) is 13.7 Å². The van der Waals surface area contributed by atoms with Crippen LogP contribution >= 0.6 is 0 Å². The number of nitro groups is 1. The van der Waals surface area contributed by atoms with Crippen LogP contribution in [0, 0.1) is 10.1 Å². The summed E-state index contributed by atoms with van der Waals surface area (Å²) in [6, 6.07) is 6.42. The third kappa shape index (κ3) is 3.79. The number of aromatic nitrogens is 1. The van der Waals surface area contributed by atoms with Crippen molar-refractivity contribution in [3.63, 3.8) is 0 Å². The first-order chi connectivity index (χ1) is 13.5. The maximum atomic E-state index is 11.1. The molecule has 2 heterocycles. The Morgan fingerprint density at radius 1 is 1.32 bits per heavy atom. The second-order valence-corrected chi connectivity index (χ2v) is 6.78. The van der Waals surface area contributed by atoms with Crippen molar-refractivity contribution in [2.45, 2.75) is 38.9 Å². The van der Waals surface area contributed by atoms with Crippen LogP contribution in [0.5, 0.6) is 5.75 Å². The summed E-state index contributed by atoms with van der Waals surface area (Å²) in [5.41, 5.74) is 14.9. The van der Waals surface area contributed by atoms with Crippen LogP contribution in [0.4, 0.5) is 11.4 Å². The van der Waals surface area contributed by atoms with Crippen molar-refractivity contribution in [1.29, 1.82) is 0 Å². The number of rotatable bonds is 8. The van der Waals surface area contributed by atoms with Gasteiger partial charge in [0.2, 0.25) is 0 Å². The van der Waals surface area contributed by atoms with Crippen LogP contribution in [0.1, 0.15) is 43.6 Å². The molecule has 0 aliphatic carbocycles. The molecule has 3 rings (SSSR count). The third-order valence-electron chi connectivity index (χ3n) is 4.95. The van der Waals surface area contributed by atoms with Gasteiger partial charge in [0.25, 0.3) is 5.69 Å². The molecule has 1 atom stereocenters. The Balaban J connectivity index is 1.92. The van der Waals surface area contributed by atoms with Gasteiger partial charge < -0.3 is 25.7 Å². The quantitative estimate of drug-likeness (QED) is 0.408. The van der Waals surface area contributed by atoms with E-state index in [0.29, 0.717) is 23.8 Å². The lowest BCUT2D eigenvalue weighted by Gasteiger charge is -2.34. The van der Waals surface area contributed by atoms with Gasteiger partial charge in [-0.3, -0.25) is 10.1 Å². The minimum absolute atomic E-state index is 0.0181. The topological polar surface area (TPSA) is 125 Å². The number of unbranched alkanes of at least 4 members (excludes halogenated alkanes) is 2. The molecule has 1 aromatic carbocycles. The molecule has 0 bridgehead atoms. The summed E-state index contributed by atoms with van der Waals surface area (Å²) in [5.74, 6) is 1.00. The van der Waals surface area contributed by atoms with Gasteiger partial charge in [0.15, 0.2) is 5.96 Å². The van der Waals surface area contributed by atoms with Gasteiger partial charge in [-0.25, -0.2) is 4.99 Å². The van der Waals surface area contributed by atoms with Gasteiger partial charge >= 0.3 is 0 Å². The maximum Gasteiger partial charge on any atom is 0.270 e. The Bertz CT molecular complexity index is 892. The van der Waals surface area contributed by atoms with Crippen LogP contribution in [-0.2, 0) is 6.54 Å². The second-order valence-electron chi connectivity index (χ2n) is 6.78. The van der Waals surface area contributed by atoms with E-state index in [2.05, 4.69) is 11.9 Å². The van der Waals surface area contributed by atoms with Crippen LogP contribution < -0.4 is 16.2 Å². The number of ether oxygens (including phenoxy) is 1. The summed E-state index contributed by atoms with van der Waals surface area (Å²) in [6.07, 6.45) is 4.62. The van der Waals surface area contributed by atoms with Crippen molar-refractivity contribution in [3.8, 4) is 5.75 Å². The number of benzene rings is 1. The fourth-order valence-electron chi connectivity index (χ4n) is 3.48. The predicted molar refractivity (Wildman–Crippen MR) is 108 cm³/mol. The smallest absolute Gasteiger partial charge is 0.270 e. The summed E-state index contributed by atoms with van der Waals surface area (Å²) in [5, 5.41) is 11.1. The number of methoxy groups -OCH3 is 1. The lowest BCUT2D eigenvalue weighted by Crippen LogP contribution is -2.46. The lowest BCUT2D eigenvalue weighted by atomic mass is 10.1. The molecule has 1 aliphatic rings. The Labute approximate surface area is 163 Å². The fraction of sp³-hybridized carbons (Fsp3) is 0.421. The molecular formula is C19H26N6O3. The molecule has 1 aliphatic heterocycles. The Morgan fingerprint density at radius 2 is 2.11 bits per heavy atom. The summed E-state index contributed by atoms with van der Waals surface area (Å²) < 4.78 is 7.33. The highest BCUT2D eigenvalue weighted by Crippen LogP contribution is 2.34. The molecule has 2 aromatic rings. The average Bonchev–Trinajstić information content (AvgIpc) is 3.06. The molecule has 9 nitrogen and oxygen atoms in total.